The number of hydrogen-bond acceptors (Lipinski definition) is 1. The first kappa shape index (κ1) is 7.62. The highest BCUT2D eigenvalue weighted by molar-refractivity contribution is 5.65. The van der Waals surface area contributed by atoms with Crippen LogP contribution in [0.3, 0.4) is 0 Å². The lowest BCUT2D eigenvalue weighted by atomic mass is 10.2. The molecule has 0 aromatic heterocycles. The fourth-order valence-electron chi connectivity index (χ4n) is 1.70. The van der Waals surface area contributed by atoms with Crippen LogP contribution >= 0.6 is 0 Å². The van der Waals surface area contributed by atoms with E-state index in [9.17, 15) is 0 Å². The van der Waals surface area contributed by atoms with Gasteiger partial charge in [-0.1, -0.05) is 12.1 Å². The number of fused-ring (bicyclic) bond motifs is 1. The van der Waals surface area contributed by atoms with Crippen molar-refractivity contribution in [2.45, 2.75) is 19.5 Å². The maximum atomic E-state index is 2.31. The van der Waals surface area contributed by atoms with E-state index in [-0.39, 0.29) is 5.66 Å². The second-order valence-electron chi connectivity index (χ2n) is 3.92. The van der Waals surface area contributed by atoms with Crippen molar-refractivity contribution in [3.05, 3.63) is 24.3 Å². The minimum absolute atomic E-state index is 0.170. The Labute approximate surface area is 73.2 Å². The maximum absolute atomic E-state index is 2.31. The standard InChI is InChI=1S/C10H14N2/c1-10(2)11-8-6-4-5-7-9(8)12(10)3/h4-7,11H,1-3H3/p+1. The SMILES string of the molecule is CN1c2ccccc2[NH2+]C1(C)C. The Morgan fingerprint density at radius 2 is 1.92 bits per heavy atom. The summed E-state index contributed by atoms with van der Waals surface area (Å²) in [6.45, 7) is 4.46. The molecule has 12 heavy (non-hydrogen) atoms. The molecule has 64 valence electrons. The number of quaternary nitrogens is 1. The van der Waals surface area contributed by atoms with Crippen LogP contribution in [0.1, 0.15) is 13.8 Å². The molecule has 1 aromatic rings. The molecule has 0 radical (unpaired) electrons. The van der Waals surface area contributed by atoms with E-state index in [2.05, 4.69) is 55.4 Å². The van der Waals surface area contributed by atoms with Crippen molar-refractivity contribution in [2.75, 3.05) is 11.9 Å². The van der Waals surface area contributed by atoms with Crippen molar-refractivity contribution in [1.29, 1.82) is 0 Å². The summed E-state index contributed by atoms with van der Waals surface area (Å²) < 4.78 is 0. The van der Waals surface area contributed by atoms with Crippen LogP contribution in [0.5, 0.6) is 0 Å². The van der Waals surface area contributed by atoms with Crippen LogP contribution in [0.4, 0.5) is 11.4 Å². The highest BCUT2D eigenvalue weighted by atomic mass is 15.4. The van der Waals surface area contributed by atoms with Gasteiger partial charge in [-0.15, -0.1) is 0 Å². The molecule has 0 atom stereocenters. The third-order valence-electron chi connectivity index (χ3n) is 2.67. The molecule has 2 rings (SSSR count). The number of nitrogens with zero attached hydrogens (tertiary/aromatic N) is 1. The summed E-state index contributed by atoms with van der Waals surface area (Å²) >= 11 is 0. The Morgan fingerprint density at radius 3 is 2.58 bits per heavy atom. The zero-order chi connectivity index (χ0) is 8.77. The zero-order valence-electron chi connectivity index (χ0n) is 7.83. The second kappa shape index (κ2) is 2.23. The topological polar surface area (TPSA) is 19.9 Å². The van der Waals surface area contributed by atoms with Gasteiger partial charge in [0.1, 0.15) is 5.69 Å². The molecule has 0 saturated heterocycles. The van der Waals surface area contributed by atoms with Crippen LogP contribution in [0.25, 0.3) is 0 Å². The van der Waals surface area contributed by atoms with Gasteiger partial charge in [-0.2, -0.15) is 0 Å². The number of benzene rings is 1. The molecule has 0 amide bonds. The summed E-state index contributed by atoms with van der Waals surface area (Å²) in [5, 5.41) is 2.31. The minimum atomic E-state index is 0.170. The van der Waals surface area contributed by atoms with Gasteiger partial charge in [-0.25, -0.2) is 0 Å². The molecule has 0 bridgehead atoms. The van der Waals surface area contributed by atoms with E-state index in [1.54, 1.807) is 0 Å². The Morgan fingerprint density at radius 1 is 1.25 bits per heavy atom. The van der Waals surface area contributed by atoms with E-state index in [1.165, 1.54) is 11.4 Å². The van der Waals surface area contributed by atoms with Gasteiger partial charge >= 0.3 is 0 Å². The highest BCUT2D eigenvalue weighted by Crippen LogP contribution is 2.29. The number of para-hydroxylation sites is 2. The maximum Gasteiger partial charge on any atom is 0.170 e. The van der Waals surface area contributed by atoms with E-state index in [0.717, 1.165) is 0 Å². The van der Waals surface area contributed by atoms with Crippen molar-refractivity contribution in [3.8, 4) is 0 Å². The molecule has 2 N–H and O–H groups in total. The molecule has 0 unspecified atom stereocenters. The van der Waals surface area contributed by atoms with E-state index in [4.69, 9.17) is 0 Å². The Hall–Kier alpha value is -1.02. The first-order valence-electron chi connectivity index (χ1n) is 4.30. The van der Waals surface area contributed by atoms with Crippen molar-refractivity contribution in [2.24, 2.45) is 0 Å². The molecule has 1 heterocycles. The molecule has 2 nitrogen and oxygen atoms in total. The third-order valence-corrected chi connectivity index (χ3v) is 2.67. The van der Waals surface area contributed by atoms with E-state index < -0.39 is 0 Å². The minimum Gasteiger partial charge on any atom is -0.318 e. The Balaban J connectivity index is 2.49. The molecule has 2 heteroatoms. The predicted octanol–water partition coefficient (Wildman–Crippen LogP) is 1.07. The van der Waals surface area contributed by atoms with E-state index in [0.29, 0.717) is 0 Å². The molecule has 1 aliphatic rings. The van der Waals surface area contributed by atoms with Gasteiger partial charge in [-0.05, 0) is 6.07 Å². The molecular formula is C10H15N2+. The number of nitrogens with two attached hydrogens (primary N) is 1. The summed E-state index contributed by atoms with van der Waals surface area (Å²) in [6.07, 6.45) is 0. The van der Waals surface area contributed by atoms with Crippen LogP contribution in [0.15, 0.2) is 24.3 Å². The number of rotatable bonds is 0. The number of hydrogen-bond donors (Lipinski definition) is 1. The Kier molecular flexibility index (Phi) is 1.42. The van der Waals surface area contributed by atoms with E-state index in [1.807, 2.05) is 0 Å². The fourth-order valence-corrected chi connectivity index (χ4v) is 1.70. The lowest BCUT2D eigenvalue weighted by molar-refractivity contribution is -0.635. The van der Waals surface area contributed by atoms with Gasteiger partial charge in [0.05, 0.1) is 0 Å². The fraction of sp³-hybridized carbons (Fsp3) is 0.400. The van der Waals surface area contributed by atoms with Crippen LogP contribution in [0.2, 0.25) is 0 Å². The highest BCUT2D eigenvalue weighted by Gasteiger charge is 2.36. The van der Waals surface area contributed by atoms with Crippen molar-refractivity contribution >= 4 is 11.4 Å². The summed E-state index contributed by atoms with van der Waals surface area (Å²) in [5.74, 6) is 0. The molecular weight excluding hydrogens is 148 g/mol. The second-order valence-corrected chi connectivity index (χ2v) is 3.92. The quantitative estimate of drug-likeness (QED) is 0.567. The third kappa shape index (κ3) is 0.916. The summed E-state index contributed by atoms with van der Waals surface area (Å²) in [4.78, 5) is 2.31. The first-order valence-corrected chi connectivity index (χ1v) is 4.30. The van der Waals surface area contributed by atoms with Gasteiger partial charge in [0, 0.05) is 27.0 Å². The average Bonchev–Trinajstić information content (AvgIpc) is 2.24. The van der Waals surface area contributed by atoms with Crippen LogP contribution in [-0.4, -0.2) is 12.7 Å². The predicted molar refractivity (Wildman–Crippen MR) is 50.5 cm³/mol. The summed E-state index contributed by atoms with van der Waals surface area (Å²) in [6, 6.07) is 8.51. The van der Waals surface area contributed by atoms with E-state index >= 15 is 0 Å². The molecule has 0 spiro atoms. The van der Waals surface area contributed by atoms with Crippen molar-refractivity contribution in [1.82, 2.24) is 0 Å². The van der Waals surface area contributed by atoms with Crippen LogP contribution < -0.4 is 10.2 Å². The normalized spacial score (nSPS) is 19.4. The van der Waals surface area contributed by atoms with Crippen molar-refractivity contribution < 1.29 is 5.32 Å². The van der Waals surface area contributed by atoms with Crippen LogP contribution in [0, 0.1) is 0 Å². The lowest BCUT2D eigenvalue weighted by Gasteiger charge is -2.25. The summed E-state index contributed by atoms with van der Waals surface area (Å²) in [5.41, 5.74) is 2.86. The molecule has 1 aromatic carbocycles. The molecule has 0 fully saturated rings. The molecule has 1 aliphatic heterocycles. The van der Waals surface area contributed by atoms with Gasteiger partial charge < -0.3 is 4.90 Å². The van der Waals surface area contributed by atoms with Gasteiger partial charge in [-0.3, -0.25) is 5.32 Å². The Bertz CT molecular complexity index is 304. The zero-order valence-corrected chi connectivity index (χ0v) is 7.83. The van der Waals surface area contributed by atoms with Crippen LogP contribution in [-0.2, 0) is 0 Å². The average molecular weight is 163 g/mol. The molecule has 0 aliphatic carbocycles. The lowest BCUT2D eigenvalue weighted by Crippen LogP contribution is -2.91. The monoisotopic (exact) mass is 163 g/mol. The van der Waals surface area contributed by atoms with Crippen molar-refractivity contribution in [3.63, 3.8) is 0 Å². The summed E-state index contributed by atoms with van der Waals surface area (Å²) in [7, 11) is 2.14. The van der Waals surface area contributed by atoms with Gasteiger partial charge in [0.25, 0.3) is 0 Å². The smallest absolute Gasteiger partial charge is 0.170 e. The first-order chi connectivity index (χ1) is 5.61. The molecule has 0 saturated carbocycles. The largest absolute Gasteiger partial charge is 0.318 e. The number of anilines is 1. The van der Waals surface area contributed by atoms with Gasteiger partial charge in [0.2, 0.25) is 0 Å². The van der Waals surface area contributed by atoms with Gasteiger partial charge in [0.15, 0.2) is 11.4 Å².